The summed E-state index contributed by atoms with van der Waals surface area (Å²) in [4.78, 5) is 44.4. The molecular formula is C18H21N3O4S. The van der Waals surface area contributed by atoms with Crippen molar-refractivity contribution in [3.8, 4) is 0 Å². The van der Waals surface area contributed by atoms with Gasteiger partial charge in [-0.25, -0.2) is 9.78 Å². The lowest BCUT2D eigenvalue weighted by Gasteiger charge is -2.21. The molecule has 1 aliphatic carbocycles. The van der Waals surface area contributed by atoms with Crippen molar-refractivity contribution < 1.29 is 14.7 Å². The van der Waals surface area contributed by atoms with E-state index in [0.29, 0.717) is 24.8 Å². The number of aromatic nitrogens is 2. The third-order valence-corrected chi connectivity index (χ3v) is 6.57. The first-order chi connectivity index (χ1) is 12.6. The molecule has 2 aromatic heterocycles. The molecule has 0 bridgehead atoms. The fourth-order valence-corrected chi connectivity index (χ4v) is 5.24. The number of hydrogen-bond acceptors (Lipinski definition) is 5. The second-order valence-electron chi connectivity index (χ2n) is 6.97. The first kappa shape index (κ1) is 17.2. The summed E-state index contributed by atoms with van der Waals surface area (Å²) in [5.74, 6) is -1.17. The van der Waals surface area contributed by atoms with Crippen LogP contribution in [0.1, 0.15) is 42.5 Å². The van der Waals surface area contributed by atoms with E-state index in [1.807, 2.05) is 0 Å². The molecule has 3 heterocycles. The van der Waals surface area contributed by atoms with E-state index in [1.54, 1.807) is 11.3 Å². The Morgan fingerprint density at radius 1 is 1.27 bits per heavy atom. The van der Waals surface area contributed by atoms with E-state index in [9.17, 15) is 19.5 Å². The van der Waals surface area contributed by atoms with Crippen molar-refractivity contribution in [3.63, 3.8) is 0 Å². The summed E-state index contributed by atoms with van der Waals surface area (Å²) in [5, 5.41) is 9.92. The van der Waals surface area contributed by atoms with Gasteiger partial charge in [-0.3, -0.25) is 14.2 Å². The van der Waals surface area contributed by atoms with Crippen LogP contribution in [0.5, 0.6) is 0 Å². The first-order valence-corrected chi connectivity index (χ1v) is 9.90. The predicted molar refractivity (Wildman–Crippen MR) is 97.5 cm³/mol. The number of fused-ring (bicyclic) bond motifs is 3. The molecule has 1 fully saturated rings. The Kier molecular flexibility index (Phi) is 4.52. The average molecular weight is 375 g/mol. The number of aryl methyl sites for hydroxylation is 3. The number of carboxylic acids is 1. The maximum Gasteiger partial charge on any atom is 0.326 e. The summed E-state index contributed by atoms with van der Waals surface area (Å²) in [6.07, 6.45) is 7.01. The molecule has 2 aliphatic rings. The van der Waals surface area contributed by atoms with Crippen molar-refractivity contribution in [2.45, 2.75) is 57.5 Å². The number of carboxylic acid groups (broad SMARTS) is 1. The zero-order chi connectivity index (χ0) is 18.3. The number of carbonyl (C=O) groups is 2. The van der Waals surface area contributed by atoms with Gasteiger partial charge in [0.25, 0.3) is 5.56 Å². The molecule has 1 atom stereocenters. The van der Waals surface area contributed by atoms with Crippen LogP contribution < -0.4 is 5.56 Å². The molecule has 0 aromatic carbocycles. The molecule has 138 valence electrons. The van der Waals surface area contributed by atoms with Crippen molar-refractivity contribution in [3.05, 3.63) is 27.1 Å². The van der Waals surface area contributed by atoms with Crippen LogP contribution in [0.4, 0.5) is 0 Å². The van der Waals surface area contributed by atoms with Crippen molar-refractivity contribution in [1.82, 2.24) is 14.5 Å². The average Bonchev–Trinajstić information content (AvgIpc) is 3.25. The Balaban J connectivity index is 1.54. The third-order valence-electron chi connectivity index (χ3n) is 5.37. The van der Waals surface area contributed by atoms with Gasteiger partial charge in [-0.1, -0.05) is 0 Å². The number of thiophene rings is 1. The summed E-state index contributed by atoms with van der Waals surface area (Å²) >= 11 is 1.61. The van der Waals surface area contributed by atoms with E-state index >= 15 is 0 Å². The van der Waals surface area contributed by atoms with E-state index in [0.717, 1.165) is 36.1 Å². The highest BCUT2D eigenvalue weighted by Crippen LogP contribution is 2.33. The lowest BCUT2D eigenvalue weighted by molar-refractivity contribution is -0.148. The van der Waals surface area contributed by atoms with Gasteiger partial charge in [0.1, 0.15) is 10.9 Å². The van der Waals surface area contributed by atoms with Crippen molar-refractivity contribution in [2.24, 2.45) is 0 Å². The van der Waals surface area contributed by atoms with Gasteiger partial charge in [0.15, 0.2) is 0 Å². The van der Waals surface area contributed by atoms with Crippen LogP contribution in [0.2, 0.25) is 0 Å². The number of aliphatic carboxylic acids is 1. The lowest BCUT2D eigenvalue weighted by atomic mass is 9.97. The SMILES string of the molecule is O=C(O)C1CCCN1C(=O)CCn1cnc2sc3c(c2c1=O)CCCC3. The molecule has 1 unspecified atom stereocenters. The monoisotopic (exact) mass is 375 g/mol. The predicted octanol–water partition coefficient (Wildman–Crippen LogP) is 1.80. The van der Waals surface area contributed by atoms with Crippen molar-refractivity contribution >= 4 is 33.4 Å². The van der Waals surface area contributed by atoms with Gasteiger partial charge in [-0.05, 0) is 44.1 Å². The minimum atomic E-state index is -0.957. The summed E-state index contributed by atoms with van der Waals surface area (Å²) < 4.78 is 1.49. The highest BCUT2D eigenvalue weighted by atomic mass is 32.1. The molecule has 1 N–H and O–H groups in total. The number of likely N-dealkylation sites (tertiary alicyclic amines) is 1. The maximum absolute atomic E-state index is 12.9. The Labute approximate surface area is 154 Å². The second kappa shape index (κ2) is 6.83. The topological polar surface area (TPSA) is 92.5 Å². The normalized spacial score (nSPS) is 19.7. The van der Waals surface area contributed by atoms with Gasteiger partial charge in [0.05, 0.1) is 11.7 Å². The Hall–Kier alpha value is -2.22. The molecule has 2 aromatic rings. The number of amides is 1. The molecule has 0 spiro atoms. The van der Waals surface area contributed by atoms with Crippen LogP contribution in [-0.4, -0.2) is 44.0 Å². The van der Waals surface area contributed by atoms with Gasteiger partial charge in [0, 0.05) is 24.4 Å². The standard InChI is InChI=1S/C18H21N3O4S/c22-14(21-8-3-5-12(21)18(24)25)7-9-20-10-19-16-15(17(20)23)11-4-1-2-6-13(11)26-16/h10,12H,1-9H2,(H,24,25). The molecule has 1 aliphatic heterocycles. The van der Waals surface area contributed by atoms with Crippen LogP contribution in [0, 0.1) is 0 Å². The summed E-state index contributed by atoms with van der Waals surface area (Å²) in [7, 11) is 0. The zero-order valence-electron chi connectivity index (χ0n) is 14.4. The molecule has 0 radical (unpaired) electrons. The number of rotatable bonds is 4. The fourth-order valence-electron chi connectivity index (χ4n) is 4.02. The summed E-state index contributed by atoms with van der Waals surface area (Å²) in [6.45, 7) is 0.702. The second-order valence-corrected chi connectivity index (χ2v) is 8.05. The van der Waals surface area contributed by atoms with E-state index in [1.165, 1.54) is 20.7 Å². The molecule has 4 rings (SSSR count). The Bertz CT molecular complexity index is 932. The van der Waals surface area contributed by atoms with E-state index < -0.39 is 12.0 Å². The summed E-state index contributed by atoms with van der Waals surface area (Å²) in [5.41, 5.74) is 1.05. The highest BCUT2D eigenvalue weighted by molar-refractivity contribution is 7.18. The van der Waals surface area contributed by atoms with Gasteiger partial charge in [-0.2, -0.15) is 0 Å². The number of nitrogens with zero attached hydrogens (tertiary/aromatic N) is 3. The van der Waals surface area contributed by atoms with Crippen molar-refractivity contribution in [1.29, 1.82) is 0 Å². The molecule has 1 saturated heterocycles. The Morgan fingerprint density at radius 3 is 2.88 bits per heavy atom. The minimum absolute atomic E-state index is 0.0848. The number of hydrogen-bond donors (Lipinski definition) is 1. The van der Waals surface area contributed by atoms with E-state index in [4.69, 9.17) is 0 Å². The molecule has 8 heteroatoms. The van der Waals surface area contributed by atoms with Crippen LogP contribution in [0.3, 0.4) is 0 Å². The molecular weight excluding hydrogens is 354 g/mol. The van der Waals surface area contributed by atoms with Crippen LogP contribution >= 0.6 is 11.3 Å². The smallest absolute Gasteiger partial charge is 0.326 e. The van der Waals surface area contributed by atoms with Crippen LogP contribution in [-0.2, 0) is 29.0 Å². The van der Waals surface area contributed by atoms with Gasteiger partial charge in [0.2, 0.25) is 5.91 Å². The minimum Gasteiger partial charge on any atom is -0.480 e. The highest BCUT2D eigenvalue weighted by Gasteiger charge is 2.33. The van der Waals surface area contributed by atoms with Crippen molar-refractivity contribution in [2.75, 3.05) is 6.54 Å². The third kappa shape index (κ3) is 2.92. The largest absolute Gasteiger partial charge is 0.480 e. The first-order valence-electron chi connectivity index (χ1n) is 9.08. The molecule has 26 heavy (non-hydrogen) atoms. The molecule has 7 nitrogen and oxygen atoms in total. The summed E-state index contributed by atoms with van der Waals surface area (Å²) in [6, 6.07) is -0.733. The zero-order valence-corrected chi connectivity index (χ0v) is 15.3. The number of carbonyl (C=O) groups excluding carboxylic acids is 1. The van der Waals surface area contributed by atoms with E-state index in [-0.39, 0.29) is 24.4 Å². The van der Waals surface area contributed by atoms with E-state index in [2.05, 4.69) is 4.98 Å². The van der Waals surface area contributed by atoms with Gasteiger partial charge >= 0.3 is 5.97 Å². The molecule has 1 amide bonds. The Morgan fingerprint density at radius 2 is 2.08 bits per heavy atom. The van der Waals surface area contributed by atoms with Gasteiger partial charge in [-0.15, -0.1) is 11.3 Å². The van der Waals surface area contributed by atoms with Crippen LogP contribution in [0.25, 0.3) is 10.2 Å². The maximum atomic E-state index is 12.9. The quantitative estimate of drug-likeness (QED) is 0.880. The fraction of sp³-hybridized carbons (Fsp3) is 0.556. The van der Waals surface area contributed by atoms with Gasteiger partial charge < -0.3 is 10.0 Å². The molecule has 0 saturated carbocycles. The van der Waals surface area contributed by atoms with Crippen LogP contribution in [0.15, 0.2) is 11.1 Å². The lowest BCUT2D eigenvalue weighted by Crippen LogP contribution is -2.41.